The summed E-state index contributed by atoms with van der Waals surface area (Å²) in [5.41, 5.74) is 1.24. The molecule has 4 rings (SSSR count). The molecule has 0 unspecified atom stereocenters. The van der Waals surface area contributed by atoms with Gasteiger partial charge in [0, 0.05) is 22.8 Å². The Morgan fingerprint density at radius 1 is 1.19 bits per heavy atom. The fourth-order valence-corrected chi connectivity index (χ4v) is 3.45. The molecule has 0 saturated heterocycles. The summed E-state index contributed by atoms with van der Waals surface area (Å²) in [7, 11) is 0. The van der Waals surface area contributed by atoms with Crippen LogP contribution in [-0.2, 0) is 9.59 Å². The van der Waals surface area contributed by atoms with Crippen molar-refractivity contribution in [1.82, 2.24) is 9.97 Å². The number of halogens is 2. The minimum atomic E-state index is -1.03. The van der Waals surface area contributed by atoms with E-state index < -0.39 is 29.1 Å². The second-order valence-electron chi connectivity index (χ2n) is 7.06. The maximum absolute atomic E-state index is 13.1. The number of aromatic nitrogens is 2. The Hall–Kier alpha value is -3.72. The number of carbonyl (C=O) groups excluding carboxylic acids is 2. The lowest BCUT2D eigenvalue weighted by atomic mass is 9.92. The predicted molar refractivity (Wildman–Crippen MR) is 115 cm³/mol. The number of aryl methyl sites for hydroxylation is 1. The fourth-order valence-electron chi connectivity index (χ4n) is 3.27. The number of nitrogens with one attached hydrogen (secondary N) is 4. The number of hydrogen-bond donors (Lipinski definition) is 4. The molecule has 8 nitrogen and oxygen atoms in total. The number of aromatic amines is 1. The van der Waals surface area contributed by atoms with Gasteiger partial charge in [-0.3, -0.25) is 19.4 Å². The molecule has 1 aliphatic heterocycles. The molecule has 0 bridgehead atoms. The van der Waals surface area contributed by atoms with E-state index in [-0.39, 0.29) is 23.8 Å². The van der Waals surface area contributed by atoms with E-state index in [1.54, 1.807) is 25.1 Å². The molecule has 0 spiro atoms. The highest BCUT2D eigenvalue weighted by Gasteiger charge is 2.35. The van der Waals surface area contributed by atoms with Crippen LogP contribution in [-0.4, -0.2) is 21.8 Å². The molecule has 0 saturated carbocycles. The number of amides is 2. The van der Waals surface area contributed by atoms with Gasteiger partial charge in [-0.1, -0.05) is 17.7 Å². The number of benzene rings is 2. The van der Waals surface area contributed by atoms with Crippen LogP contribution < -0.4 is 21.5 Å². The van der Waals surface area contributed by atoms with E-state index in [1.165, 1.54) is 24.3 Å². The van der Waals surface area contributed by atoms with E-state index in [0.717, 1.165) is 5.56 Å². The van der Waals surface area contributed by atoms with Crippen LogP contribution in [0, 0.1) is 12.7 Å². The summed E-state index contributed by atoms with van der Waals surface area (Å²) < 4.78 is 13.1. The summed E-state index contributed by atoms with van der Waals surface area (Å²) in [6.07, 6.45) is -0.200. The first-order valence-electron chi connectivity index (χ1n) is 9.34. The van der Waals surface area contributed by atoms with Gasteiger partial charge in [0.2, 0.25) is 17.8 Å². The number of anilines is 4. The van der Waals surface area contributed by atoms with Gasteiger partial charge in [0.25, 0.3) is 5.56 Å². The number of hydrogen-bond acceptors (Lipinski definition) is 5. The average molecular weight is 442 g/mol. The van der Waals surface area contributed by atoms with E-state index in [0.29, 0.717) is 16.4 Å². The van der Waals surface area contributed by atoms with Crippen molar-refractivity contribution in [2.75, 3.05) is 16.0 Å². The summed E-state index contributed by atoms with van der Waals surface area (Å²) in [5, 5.41) is 8.55. The van der Waals surface area contributed by atoms with Gasteiger partial charge < -0.3 is 16.0 Å². The van der Waals surface area contributed by atoms with Crippen molar-refractivity contribution in [1.29, 1.82) is 0 Å². The third kappa shape index (κ3) is 4.41. The summed E-state index contributed by atoms with van der Waals surface area (Å²) in [6.45, 7) is 1.80. The van der Waals surface area contributed by atoms with Crippen molar-refractivity contribution in [3.63, 3.8) is 0 Å². The lowest BCUT2D eigenvalue weighted by Crippen LogP contribution is -2.36. The lowest BCUT2D eigenvalue weighted by molar-refractivity contribution is -0.123. The molecule has 3 aromatic rings. The minimum absolute atomic E-state index is 0.00687. The first-order valence-corrected chi connectivity index (χ1v) is 9.71. The first kappa shape index (κ1) is 20.5. The van der Waals surface area contributed by atoms with Crippen molar-refractivity contribution in [2.45, 2.75) is 19.3 Å². The molecular formula is C21H17ClFN5O3. The molecule has 1 aromatic heterocycles. The Morgan fingerprint density at radius 2 is 1.94 bits per heavy atom. The Balaban J connectivity index is 1.65. The predicted octanol–water partition coefficient (Wildman–Crippen LogP) is 3.68. The van der Waals surface area contributed by atoms with Crippen molar-refractivity contribution in [2.24, 2.45) is 0 Å². The number of carbonyl (C=O) groups is 2. The second kappa shape index (κ2) is 8.19. The first-order chi connectivity index (χ1) is 14.8. The van der Waals surface area contributed by atoms with E-state index in [9.17, 15) is 18.8 Å². The maximum Gasteiger partial charge on any atom is 0.258 e. The third-order valence-corrected chi connectivity index (χ3v) is 5.07. The summed E-state index contributed by atoms with van der Waals surface area (Å²) in [5.74, 6) is -2.36. The van der Waals surface area contributed by atoms with E-state index in [2.05, 4.69) is 25.9 Å². The third-order valence-electron chi connectivity index (χ3n) is 4.83. The second-order valence-corrected chi connectivity index (χ2v) is 7.50. The molecule has 31 heavy (non-hydrogen) atoms. The van der Waals surface area contributed by atoms with Gasteiger partial charge in [-0.25, -0.2) is 4.39 Å². The summed E-state index contributed by atoms with van der Waals surface area (Å²) in [6, 6.07) is 10.5. The lowest BCUT2D eigenvalue weighted by Gasteiger charge is -2.24. The van der Waals surface area contributed by atoms with Gasteiger partial charge in [0.1, 0.15) is 11.6 Å². The molecule has 2 heterocycles. The highest BCUT2D eigenvalue weighted by Crippen LogP contribution is 2.31. The highest BCUT2D eigenvalue weighted by atomic mass is 35.5. The average Bonchev–Trinajstić information content (AvgIpc) is 2.71. The fraction of sp³-hybridized carbons (Fsp3) is 0.143. The molecule has 2 aromatic carbocycles. The summed E-state index contributed by atoms with van der Waals surface area (Å²) in [4.78, 5) is 44.7. The smallest absolute Gasteiger partial charge is 0.258 e. The maximum atomic E-state index is 13.1. The molecule has 1 aliphatic rings. The van der Waals surface area contributed by atoms with Crippen LogP contribution in [0.4, 0.5) is 27.5 Å². The van der Waals surface area contributed by atoms with Crippen molar-refractivity contribution in [3.8, 4) is 0 Å². The Morgan fingerprint density at radius 3 is 2.68 bits per heavy atom. The highest BCUT2D eigenvalue weighted by molar-refractivity contribution is 6.31. The van der Waals surface area contributed by atoms with Gasteiger partial charge in [-0.2, -0.15) is 4.98 Å². The quantitative estimate of drug-likeness (QED) is 0.493. The molecule has 1 atom stereocenters. The molecule has 10 heteroatoms. The van der Waals surface area contributed by atoms with Crippen LogP contribution in [0.3, 0.4) is 0 Å². The molecular weight excluding hydrogens is 425 g/mol. The van der Waals surface area contributed by atoms with Gasteiger partial charge in [-0.05, 0) is 48.9 Å². The molecule has 0 fully saturated rings. The van der Waals surface area contributed by atoms with Crippen molar-refractivity contribution < 1.29 is 14.0 Å². The van der Waals surface area contributed by atoms with Crippen LogP contribution in [0.5, 0.6) is 0 Å². The van der Waals surface area contributed by atoms with Crippen molar-refractivity contribution >= 4 is 46.6 Å². The van der Waals surface area contributed by atoms with Crippen LogP contribution >= 0.6 is 11.6 Å². The molecule has 158 valence electrons. The van der Waals surface area contributed by atoms with E-state index >= 15 is 0 Å². The van der Waals surface area contributed by atoms with Crippen molar-refractivity contribution in [3.05, 3.63) is 74.8 Å². The van der Waals surface area contributed by atoms with Crippen LogP contribution in [0.25, 0.3) is 0 Å². The number of fused-ring (bicyclic) bond motifs is 1. The van der Waals surface area contributed by atoms with Gasteiger partial charge in [-0.15, -0.1) is 0 Å². The van der Waals surface area contributed by atoms with Crippen LogP contribution in [0.1, 0.15) is 23.5 Å². The monoisotopic (exact) mass is 441 g/mol. The SMILES string of the molecule is Cc1ccc(Cl)cc1NC(=O)[C@@H]1CC(=O)Nc2nc(Nc3ccc(F)cc3)[nH]c(=O)c21. The Kier molecular flexibility index (Phi) is 5.43. The molecule has 0 aliphatic carbocycles. The number of H-pyrrole nitrogens is 1. The Labute approximate surface area is 180 Å². The van der Waals surface area contributed by atoms with Crippen LogP contribution in [0.2, 0.25) is 5.02 Å². The molecule has 2 amide bonds. The van der Waals surface area contributed by atoms with Gasteiger partial charge >= 0.3 is 0 Å². The topological polar surface area (TPSA) is 116 Å². The van der Waals surface area contributed by atoms with Gasteiger partial charge in [0.05, 0.1) is 11.5 Å². The zero-order chi connectivity index (χ0) is 22.1. The zero-order valence-electron chi connectivity index (χ0n) is 16.3. The zero-order valence-corrected chi connectivity index (χ0v) is 17.0. The standard InChI is InChI=1S/C21H17ClFN5O3/c1-10-2-3-11(22)8-15(10)25-19(30)14-9-16(29)26-18-17(14)20(31)28-21(27-18)24-13-6-4-12(23)5-7-13/h2-8,14H,9H2,1H3,(H,25,30)(H3,24,26,27,28,29,31)/t14-/m1/s1. The number of rotatable bonds is 4. The minimum Gasteiger partial charge on any atom is -0.326 e. The van der Waals surface area contributed by atoms with Crippen LogP contribution in [0.15, 0.2) is 47.3 Å². The molecule has 0 radical (unpaired) electrons. The van der Waals surface area contributed by atoms with Gasteiger partial charge in [0.15, 0.2) is 0 Å². The largest absolute Gasteiger partial charge is 0.326 e. The van der Waals surface area contributed by atoms with E-state index in [4.69, 9.17) is 11.6 Å². The molecule has 4 N–H and O–H groups in total. The Bertz CT molecular complexity index is 1240. The summed E-state index contributed by atoms with van der Waals surface area (Å²) >= 11 is 6.00. The van der Waals surface area contributed by atoms with E-state index in [1.807, 2.05) is 0 Å². The number of nitrogens with zero attached hydrogens (tertiary/aromatic N) is 1. The normalized spacial score (nSPS) is 15.1.